The monoisotopic (exact) mass is 356 g/mol. The second-order valence-corrected chi connectivity index (χ2v) is 7.54. The number of nitrogens with one attached hydrogen (secondary N) is 1. The highest BCUT2D eigenvalue weighted by molar-refractivity contribution is 5.27. The van der Waals surface area contributed by atoms with Crippen LogP contribution >= 0.6 is 0 Å². The molecule has 0 aliphatic carbocycles. The zero-order valence-electron chi connectivity index (χ0n) is 15.1. The summed E-state index contributed by atoms with van der Waals surface area (Å²) in [6, 6.07) is 7.18. The number of aryl methyl sites for hydroxylation is 1. The van der Waals surface area contributed by atoms with Gasteiger partial charge in [-0.3, -0.25) is 4.90 Å². The number of hydrogen-bond donors (Lipinski definition) is 1. The van der Waals surface area contributed by atoms with E-state index in [0.717, 1.165) is 56.6 Å². The minimum absolute atomic E-state index is 0.117. The molecule has 2 fully saturated rings. The Balaban J connectivity index is 1.37. The number of nitrogens with zero attached hydrogens (tertiary/aromatic N) is 3. The largest absolute Gasteiger partial charge is 0.373 e. The third kappa shape index (κ3) is 4.02. The molecule has 3 heterocycles. The molecule has 4 rings (SSSR count). The molecule has 2 aliphatic heterocycles. The molecule has 0 radical (unpaired) electrons. The van der Waals surface area contributed by atoms with Gasteiger partial charge in [0.1, 0.15) is 5.82 Å². The Bertz CT molecular complexity index is 754. The third-order valence-electron chi connectivity index (χ3n) is 5.30. The molecule has 1 N–H and O–H groups in total. The van der Waals surface area contributed by atoms with Gasteiger partial charge in [0.05, 0.1) is 5.60 Å². The van der Waals surface area contributed by atoms with Crippen LogP contribution in [0, 0.1) is 12.7 Å². The highest BCUT2D eigenvalue weighted by atomic mass is 19.1. The predicted molar refractivity (Wildman–Crippen MR) is 98.4 cm³/mol. The Labute approximate surface area is 153 Å². The first-order valence-corrected chi connectivity index (χ1v) is 9.26. The van der Waals surface area contributed by atoms with Crippen LogP contribution in [0.2, 0.25) is 0 Å². The molecule has 0 unspecified atom stereocenters. The van der Waals surface area contributed by atoms with Crippen molar-refractivity contribution in [2.45, 2.75) is 44.4 Å². The standard InChI is InChI=1S/C20H25FN4O/c1-15-11-22-19(23-12-15)24-18-5-8-26-20(10-18)6-7-25(14-20)13-16-3-2-4-17(21)9-16/h2-4,9,11-12,18H,5-8,10,13-14H2,1H3,(H,22,23,24)/t18-,20-/m0/s1. The number of hydrogen-bond acceptors (Lipinski definition) is 5. The number of ether oxygens (including phenoxy) is 1. The summed E-state index contributed by atoms with van der Waals surface area (Å²) in [6.07, 6.45) is 6.59. The maximum absolute atomic E-state index is 13.4. The molecule has 1 spiro atoms. The number of benzene rings is 1. The average molecular weight is 356 g/mol. The van der Waals surface area contributed by atoms with Crippen molar-refractivity contribution in [2.75, 3.05) is 25.0 Å². The van der Waals surface area contributed by atoms with Gasteiger partial charge in [-0.15, -0.1) is 0 Å². The second-order valence-electron chi connectivity index (χ2n) is 7.54. The van der Waals surface area contributed by atoms with Gasteiger partial charge in [0.15, 0.2) is 0 Å². The van der Waals surface area contributed by atoms with Gasteiger partial charge in [-0.05, 0) is 49.4 Å². The summed E-state index contributed by atoms with van der Waals surface area (Å²) in [5, 5.41) is 3.46. The van der Waals surface area contributed by atoms with Crippen molar-refractivity contribution < 1.29 is 9.13 Å². The van der Waals surface area contributed by atoms with E-state index < -0.39 is 0 Å². The van der Waals surface area contributed by atoms with Crippen molar-refractivity contribution in [1.29, 1.82) is 0 Å². The Morgan fingerprint density at radius 2 is 2.19 bits per heavy atom. The molecule has 1 aromatic carbocycles. The van der Waals surface area contributed by atoms with Crippen LogP contribution < -0.4 is 5.32 Å². The zero-order valence-corrected chi connectivity index (χ0v) is 15.1. The minimum atomic E-state index is -0.173. The summed E-state index contributed by atoms with van der Waals surface area (Å²) in [5.41, 5.74) is 1.96. The van der Waals surface area contributed by atoms with Crippen LogP contribution in [0.15, 0.2) is 36.7 Å². The van der Waals surface area contributed by atoms with Gasteiger partial charge < -0.3 is 10.1 Å². The molecule has 2 saturated heterocycles. The zero-order chi connectivity index (χ0) is 18.0. The van der Waals surface area contributed by atoms with E-state index in [0.29, 0.717) is 12.0 Å². The molecule has 26 heavy (non-hydrogen) atoms. The van der Waals surface area contributed by atoms with Crippen molar-refractivity contribution in [1.82, 2.24) is 14.9 Å². The first-order chi connectivity index (χ1) is 12.6. The van der Waals surface area contributed by atoms with Gasteiger partial charge >= 0.3 is 0 Å². The van der Waals surface area contributed by atoms with Gasteiger partial charge in [0.2, 0.25) is 5.95 Å². The summed E-state index contributed by atoms with van der Waals surface area (Å²) < 4.78 is 19.6. The van der Waals surface area contributed by atoms with Crippen molar-refractivity contribution in [3.05, 3.63) is 53.6 Å². The van der Waals surface area contributed by atoms with Crippen molar-refractivity contribution in [3.63, 3.8) is 0 Å². The van der Waals surface area contributed by atoms with Gasteiger partial charge in [-0.2, -0.15) is 0 Å². The van der Waals surface area contributed by atoms with E-state index >= 15 is 0 Å². The van der Waals surface area contributed by atoms with Crippen LogP contribution in [-0.2, 0) is 11.3 Å². The normalized spacial score (nSPS) is 26.3. The number of halogens is 1. The second kappa shape index (κ2) is 7.29. The van der Waals surface area contributed by atoms with Crippen LogP contribution in [-0.4, -0.2) is 46.2 Å². The lowest BCUT2D eigenvalue weighted by atomic mass is 9.89. The lowest BCUT2D eigenvalue weighted by Gasteiger charge is -2.38. The fourth-order valence-corrected chi connectivity index (χ4v) is 4.04. The Kier molecular flexibility index (Phi) is 4.87. The van der Waals surface area contributed by atoms with E-state index in [1.54, 1.807) is 12.1 Å². The van der Waals surface area contributed by atoms with E-state index in [1.165, 1.54) is 6.07 Å². The maximum atomic E-state index is 13.4. The topological polar surface area (TPSA) is 50.3 Å². The first kappa shape index (κ1) is 17.4. The number of anilines is 1. The molecule has 1 aromatic heterocycles. The minimum Gasteiger partial charge on any atom is -0.373 e. The van der Waals surface area contributed by atoms with Gasteiger partial charge in [-0.1, -0.05) is 12.1 Å². The third-order valence-corrected chi connectivity index (χ3v) is 5.30. The molecule has 2 aliphatic rings. The van der Waals surface area contributed by atoms with E-state index in [1.807, 2.05) is 25.4 Å². The van der Waals surface area contributed by atoms with E-state index in [9.17, 15) is 4.39 Å². The van der Waals surface area contributed by atoms with E-state index in [4.69, 9.17) is 4.74 Å². The van der Waals surface area contributed by atoms with Crippen LogP contribution in [0.3, 0.4) is 0 Å². The Morgan fingerprint density at radius 3 is 3.00 bits per heavy atom. The fraction of sp³-hybridized carbons (Fsp3) is 0.500. The highest BCUT2D eigenvalue weighted by Gasteiger charge is 2.43. The first-order valence-electron chi connectivity index (χ1n) is 9.26. The lowest BCUT2D eigenvalue weighted by molar-refractivity contribution is -0.0737. The summed E-state index contributed by atoms with van der Waals surface area (Å²) in [5.74, 6) is 0.514. The number of aromatic nitrogens is 2. The maximum Gasteiger partial charge on any atom is 0.222 e. The summed E-state index contributed by atoms with van der Waals surface area (Å²) in [4.78, 5) is 11.1. The van der Waals surface area contributed by atoms with Crippen LogP contribution in [0.25, 0.3) is 0 Å². The molecular weight excluding hydrogens is 331 g/mol. The molecule has 138 valence electrons. The molecule has 0 amide bonds. The molecule has 6 heteroatoms. The van der Waals surface area contributed by atoms with E-state index in [-0.39, 0.29) is 11.4 Å². The van der Waals surface area contributed by atoms with Gasteiger partial charge in [0, 0.05) is 44.7 Å². The lowest BCUT2D eigenvalue weighted by Crippen LogP contribution is -2.46. The Hall–Kier alpha value is -2.05. The molecule has 0 bridgehead atoms. The van der Waals surface area contributed by atoms with Gasteiger partial charge in [0.25, 0.3) is 0 Å². The molecular formula is C20H25FN4O. The van der Waals surface area contributed by atoms with Crippen LogP contribution in [0.1, 0.15) is 30.4 Å². The van der Waals surface area contributed by atoms with Crippen molar-refractivity contribution in [3.8, 4) is 0 Å². The number of likely N-dealkylation sites (tertiary alicyclic amines) is 1. The molecule has 2 atom stereocenters. The fourth-order valence-electron chi connectivity index (χ4n) is 4.04. The summed E-state index contributed by atoms with van der Waals surface area (Å²) in [6.45, 7) is 5.36. The van der Waals surface area contributed by atoms with Gasteiger partial charge in [-0.25, -0.2) is 14.4 Å². The van der Waals surface area contributed by atoms with Crippen molar-refractivity contribution in [2.24, 2.45) is 0 Å². The van der Waals surface area contributed by atoms with Crippen LogP contribution in [0.4, 0.5) is 10.3 Å². The van der Waals surface area contributed by atoms with E-state index in [2.05, 4.69) is 20.2 Å². The van der Waals surface area contributed by atoms with Crippen LogP contribution in [0.5, 0.6) is 0 Å². The quantitative estimate of drug-likeness (QED) is 0.912. The highest BCUT2D eigenvalue weighted by Crippen LogP contribution is 2.35. The molecule has 0 saturated carbocycles. The predicted octanol–water partition coefficient (Wildman–Crippen LogP) is 3.16. The average Bonchev–Trinajstić information content (AvgIpc) is 2.99. The number of rotatable bonds is 4. The Morgan fingerprint density at radius 1 is 1.35 bits per heavy atom. The smallest absolute Gasteiger partial charge is 0.222 e. The summed E-state index contributed by atoms with van der Waals surface area (Å²) >= 11 is 0. The molecule has 2 aromatic rings. The SMILES string of the molecule is Cc1cnc(N[C@H]2CCO[C@@]3(CCN(Cc4cccc(F)c4)C3)C2)nc1. The van der Waals surface area contributed by atoms with Crippen molar-refractivity contribution >= 4 is 5.95 Å². The molecule has 5 nitrogen and oxygen atoms in total. The summed E-state index contributed by atoms with van der Waals surface area (Å²) in [7, 11) is 0.